The zero-order chi connectivity index (χ0) is 45.0. The number of nitrogens with one attached hydrogen (secondary N) is 1. The molecule has 1 aliphatic heterocycles. The summed E-state index contributed by atoms with van der Waals surface area (Å²) in [6.07, 6.45) is -11.5. The third-order valence-corrected chi connectivity index (χ3v) is 12.8. The Bertz CT molecular complexity index is 2100. The first kappa shape index (κ1) is 45.4. The van der Waals surface area contributed by atoms with Crippen molar-refractivity contribution in [3.05, 3.63) is 82.9 Å². The molecule has 16 heteroatoms. The molecule has 3 fully saturated rings. The second-order valence-electron chi connectivity index (χ2n) is 18.2. The Hall–Kier alpha value is -5.16. The number of amides is 1. The average molecular weight is 850 g/mol. The largest absolute Gasteiger partial charge is 0.456 e. The maximum absolute atomic E-state index is 15.5. The van der Waals surface area contributed by atoms with Crippen LogP contribution in [0, 0.1) is 16.7 Å². The lowest BCUT2D eigenvalue weighted by Gasteiger charge is -2.67. The second-order valence-corrected chi connectivity index (χ2v) is 18.2. The molecule has 16 nitrogen and oxygen atoms in total. The van der Waals surface area contributed by atoms with Gasteiger partial charge in [0.15, 0.2) is 23.6 Å². The summed E-state index contributed by atoms with van der Waals surface area (Å²) in [4.78, 5) is 82.9. The number of hydrogen-bond donors (Lipinski definition) is 4. The normalized spacial score (nSPS) is 32.5. The lowest BCUT2D eigenvalue weighted by molar-refractivity contribution is -0.346. The molecule has 11 atom stereocenters. The number of hydrogen-bond acceptors (Lipinski definition) is 15. The number of benzene rings is 2. The molecule has 2 bridgehead atoms. The molecular weight excluding hydrogens is 794 g/mol. The minimum absolute atomic E-state index is 0.0126. The van der Waals surface area contributed by atoms with Gasteiger partial charge in [0.2, 0.25) is 0 Å². The Balaban J connectivity index is 1.54. The number of Topliss-reactive ketones (excluding diaryl/α,β-unsaturated/α-hetero) is 1. The summed E-state index contributed by atoms with van der Waals surface area (Å²) < 4.78 is 35.6. The number of rotatable bonds is 9. The molecule has 2 aromatic rings. The van der Waals surface area contributed by atoms with Gasteiger partial charge in [-0.2, -0.15) is 0 Å². The highest BCUT2D eigenvalue weighted by molar-refractivity contribution is 5.95. The van der Waals surface area contributed by atoms with Crippen LogP contribution in [-0.2, 0) is 47.6 Å². The maximum atomic E-state index is 15.5. The molecule has 1 unspecified atom stereocenters. The number of aliphatic hydroxyl groups is 3. The number of alkyl carbamates (subject to hydrolysis) is 1. The van der Waals surface area contributed by atoms with Crippen molar-refractivity contribution in [2.24, 2.45) is 16.7 Å². The van der Waals surface area contributed by atoms with Gasteiger partial charge in [0.05, 0.1) is 35.6 Å². The molecule has 2 aromatic carbocycles. The molecule has 1 heterocycles. The van der Waals surface area contributed by atoms with E-state index in [1.165, 1.54) is 26.0 Å². The summed E-state index contributed by atoms with van der Waals surface area (Å²) in [5.74, 6) is -6.30. The van der Waals surface area contributed by atoms with Crippen molar-refractivity contribution in [3.8, 4) is 0 Å². The molecule has 61 heavy (non-hydrogen) atoms. The number of carbonyl (C=O) groups excluding carboxylic acids is 6. The van der Waals surface area contributed by atoms with E-state index in [1.54, 1.807) is 83.1 Å². The molecule has 4 aliphatic rings. The predicted octanol–water partition coefficient (Wildman–Crippen LogP) is 3.83. The number of fused-ring (bicyclic) bond motifs is 5. The van der Waals surface area contributed by atoms with E-state index in [1.807, 2.05) is 0 Å². The van der Waals surface area contributed by atoms with Gasteiger partial charge in [-0.15, -0.1) is 0 Å². The van der Waals surface area contributed by atoms with Crippen molar-refractivity contribution in [1.29, 1.82) is 0 Å². The van der Waals surface area contributed by atoms with Gasteiger partial charge in [0.1, 0.15) is 29.5 Å². The highest BCUT2D eigenvalue weighted by Crippen LogP contribution is 2.64. The molecule has 2 saturated carbocycles. The van der Waals surface area contributed by atoms with Crippen LogP contribution in [0.4, 0.5) is 4.79 Å². The fraction of sp³-hybridized carbons (Fsp3) is 0.556. The average Bonchev–Trinajstić information content (AvgIpc) is 3.17. The van der Waals surface area contributed by atoms with Gasteiger partial charge in [0.25, 0.3) is 0 Å². The number of aliphatic hydroxyl groups excluding tert-OH is 2. The minimum Gasteiger partial charge on any atom is -0.456 e. The van der Waals surface area contributed by atoms with Crippen LogP contribution >= 0.6 is 0 Å². The monoisotopic (exact) mass is 849 g/mol. The van der Waals surface area contributed by atoms with Gasteiger partial charge < -0.3 is 49.1 Å². The summed E-state index contributed by atoms with van der Waals surface area (Å²) in [6, 6.07) is 14.5. The maximum Gasteiger partial charge on any atom is 0.408 e. The standard InChI is InChI=1S/C45H55NO15/c1-23-28(58-39(53)33(50)32(26-16-12-10-13-17-26)46-40(54)61-41(4,5)6)21-45(55)37(59-38(52)27-18-14-11-15-19-27)35-43(9,29(49)20-30-44(35,22-56-30)60-25(3)48)36(51)34(57-24(2)47)31(23)42(45,7)8/h10-19,28-30,32-35,37,49-50,55H,20-22H2,1-9H3,(H,46,54)/t28-,29-,30?,32-,33-,34+,35-,37-,43+,44-,45+/m0/s1. The highest BCUT2D eigenvalue weighted by atomic mass is 16.6. The Morgan fingerprint density at radius 3 is 2.05 bits per heavy atom. The number of ether oxygens (including phenoxy) is 6. The van der Waals surface area contributed by atoms with Crippen LogP contribution < -0.4 is 5.32 Å². The molecule has 330 valence electrons. The van der Waals surface area contributed by atoms with Gasteiger partial charge in [0, 0.05) is 32.1 Å². The predicted molar refractivity (Wildman–Crippen MR) is 213 cm³/mol. The third-order valence-electron chi connectivity index (χ3n) is 12.8. The van der Waals surface area contributed by atoms with Crippen molar-refractivity contribution in [2.75, 3.05) is 6.61 Å². The number of carbonyl (C=O) groups is 6. The summed E-state index contributed by atoms with van der Waals surface area (Å²) in [5.41, 5.74) is -8.30. The molecule has 6 rings (SSSR count). The molecule has 3 aliphatic carbocycles. The Labute approximate surface area is 353 Å². The summed E-state index contributed by atoms with van der Waals surface area (Å²) in [7, 11) is 0. The van der Waals surface area contributed by atoms with Crippen LogP contribution in [0.5, 0.6) is 0 Å². The van der Waals surface area contributed by atoms with Crippen molar-refractivity contribution in [3.63, 3.8) is 0 Å². The van der Waals surface area contributed by atoms with E-state index in [-0.39, 0.29) is 29.7 Å². The lowest BCUT2D eigenvalue weighted by atomic mass is 9.44. The quantitative estimate of drug-likeness (QED) is 0.160. The SMILES string of the molecule is CC(=O)O[C@H]1C(=O)[C@]2(C)[C@@H](O)CC3OC[C@@]3(OC(C)=O)[C@H]2[C@H](OC(=O)c2ccccc2)[C@]2(O)C[C@H](OC(=O)[C@@H](O)[C@@H](NC(=O)OC(C)(C)C)c3ccccc3)C(C)=C1C2(C)C. The van der Waals surface area contributed by atoms with Gasteiger partial charge >= 0.3 is 30.0 Å². The Kier molecular flexibility index (Phi) is 12.1. The van der Waals surface area contributed by atoms with E-state index in [0.717, 1.165) is 13.8 Å². The van der Waals surface area contributed by atoms with Crippen LogP contribution in [0.3, 0.4) is 0 Å². The van der Waals surface area contributed by atoms with Crippen LogP contribution in [-0.4, -0.2) is 111 Å². The van der Waals surface area contributed by atoms with Gasteiger partial charge in [-0.3, -0.25) is 14.4 Å². The molecular formula is C45H55NO15. The van der Waals surface area contributed by atoms with Crippen LogP contribution in [0.2, 0.25) is 0 Å². The van der Waals surface area contributed by atoms with Crippen molar-refractivity contribution >= 4 is 35.8 Å². The first-order valence-corrected chi connectivity index (χ1v) is 20.2. The topological polar surface area (TPSA) is 231 Å². The first-order valence-electron chi connectivity index (χ1n) is 20.2. The van der Waals surface area contributed by atoms with Gasteiger partial charge in [-0.1, -0.05) is 62.4 Å². The van der Waals surface area contributed by atoms with E-state index in [9.17, 15) is 39.3 Å². The number of esters is 4. The molecule has 4 N–H and O–H groups in total. The van der Waals surface area contributed by atoms with Gasteiger partial charge in [-0.25, -0.2) is 14.4 Å². The van der Waals surface area contributed by atoms with Crippen molar-refractivity contribution in [1.82, 2.24) is 5.32 Å². The summed E-state index contributed by atoms with van der Waals surface area (Å²) in [5, 5.41) is 39.9. The highest BCUT2D eigenvalue weighted by Gasteiger charge is 2.78. The van der Waals surface area contributed by atoms with E-state index in [4.69, 9.17) is 28.4 Å². The van der Waals surface area contributed by atoms with Crippen molar-refractivity contribution in [2.45, 2.75) is 135 Å². The summed E-state index contributed by atoms with van der Waals surface area (Å²) >= 11 is 0. The fourth-order valence-electron chi connectivity index (χ4n) is 9.80. The van der Waals surface area contributed by atoms with Gasteiger partial charge in [-0.05, 0) is 63.5 Å². The van der Waals surface area contributed by atoms with E-state index in [2.05, 4.69) is 5.32 Å². The zero-order valence-electron chi connectivity index (χ0n) is 35.8. The number of ketones is 1. The molecule has 1 amide bonds. The Morgan fingerprint density at radius 2 is 1.51 bits per heavy atom. The first-order chi connectivity index (χ1) is 28.4. The lowest BCUT2D eigenvalue weighted by Crippen LogP contribution is -2.82. The molecule has 1 saturated heterocycles. The minimum atomic E-state index is -2.40. The molecule has 0 spiro atoms. The van der Waals surface area contributed by atoms with Crippen LogP contribution in [0.1, 0.15) is 97.1 Å². The van der Waals surface area contributed by atoms with Crippen LogP contribution in [0.25, 0.3) is 0 Å². The summed E-state index contributed by atoms with van der Waals surface area (Å²) in [6.45, 7) is 12.9. The second kappa shape index (κ2) is 16.3. The molecule has 0 radical (unpaired) electrons. The van der Waals surface area contributed by atoms with E-state index < -0.39 is 118 Å². The smallest absolute Gasteiger partial charge is 0.408 e. The van der Waals surface area contributed by atoms with E-state index >= 15 is 4.79 Å². The third kappa shape index (κ3) is 7.94. The van der Waals surface area contributed by atoms with E-state index in [0.29, 0.717) is 5.56 Å². The Morgan fingerprint density at radius 1 is 0.902 bits per heavy atom. The molecule has 0 aromatic heterocycles. The zero-order valence-corrected chi connectivity index (χ0v) is 35.8. The van der Waals surface area contributed by atoms with Crippen LogP contribution in [0.15, 0.2) is 71.8 Å². The van der Waals surface area contributed by atoms with Crippen molar-refractivity contribution < 1.29 is 72.5 Å². The fourth-order valence-corrected chi connectivity index (χ4v) is 9.80.